The Morgan fingerprint density at radius 2 is 2.10 bits per heavy atom. The fourth-order valence-electron chi connectivity index (χ4n) is 2.40. The Balaban J connectivity index is 1.81. The van der Waals surface area contributed by atoms with Gasteiger partial charge in [-0.05, 0) is 48.1 Å². The zero-order valence-corrected chi connectivity index (χ0v) is 12.0. The number of pyridine rings is 1. The van der Waals surface area contributed by atoms with Gasteiger partial charge < -0.3 is 10.1 Å². The van der Waals surface area contributed by atoms with Crippen LogP contribution < -0.4 is 10.1 Å². The largest absolute Gasteiger partial charge is 0.481 e. The van der Waals surface area contributed by atoms with Crippen molar-refractivity contribution in [1.82, 2.24) is 10.3 Å². The predicted octanol–water partition coefficient (Wildman–Crippen LogP) is 3.32. The molecule has 0 saturated heterocycles. The summed E-state index contributed by atoms with van der Waals surface area (Å²) in [7, 11) is 1.64. The van der Waals surface area contributed by atoms with Crippen molar-refractivity contribution in [2.24, 2.45) is 0 Å². The number of hydrogen-bond acceptors (Lipinski definition) is 3. The smallest absolute Gasteiger partial charge is 0.213 e. The van der Waals surface area contributed by atoms with Crippen LogP contribution in [-0.4, -0.2) is 18.1 Å². The minimum Gasteiger partial charge on any atom is -0.481 e. The van der Waals surface area contributed by atoms with E-state index >= 15 is 0 Å². The highest BCUT2D eigenvalue weighted by Gasteiger charge is 2.19. The number of aryl methyl sites for hydroxylation is 1. The molecule has 1 heterocycles. The lowest BCUT2D eigenvalue weighted by Gasteiger charge is -2.10. The van der Waals surface area contributed by atoms with Gasteiger partial charge in [0.15, 0.2) is 0 Å². The Hall–Kier alpha value is -1.87. The van der Waals surface area contributed by atoms with E-state index in [9.17, 15) is 0 Å². The topological polar surface area (TPSA) is 34.1 Å². The van der Waals surface area contributed by atoms with Gasteiger partial charge in [0.05, 0.1) is 7.11 Å². The molecule has 1 aliphatic carbocycles. The van der Waals surface area contributed by atoms with Gasteiger partial charge in [-0.3, -0.25) is 0 Å². The van der Waals surface area contributed by atoms with Crippen molar-refractivity contribution in [2.45, 2.75) is 32.4 Å². The molecule has 3 heteroatoms. The molecule has 1 aromatic heterocycles. The number of ether oxygens (including phenoxy) is 1. The van der Waals surface area contributed by atoms with E-state index in [2.05, 4.69) is 35.4 Å². The van der Waals surface area contributed by atoms with Crippen molar-refractivity contribution in [1.29, 1.82) is 0 Å². The SMILES string of the molecule is COc1cc(-c2ccc(CNC3CC3)cc2C)ccn1. The van der Waals surface area contributed by atoms with Gasteiger partial charge in [-0.1, -0.05) is 18.2 Å². The standard InChI is InChI=1S/C17H20N2O/c1-12-9-13(11-19-15-4-5-15)3-6-16(12)14-7-8-18-17(10-14)20-2/h3,6-10,15,19H,4-5,11H2,1-2H3. The van der Waals surface area contributed by atoms with Crippen LogP contribution in [0.25, 0.3) is 11.1 Å². The fraction of sp³-hybridized carbons (Fsp3) is 0.353. The summed E-state index contributed by atoms with van der Waals surface area (Å²) in [5.74, 6) is 0.654. The van der Waals surface area contributed by atoms with Crippen LogP contribution in [0, 0.1) is 6.92 Å². The van der Waals surface area contributed by atoms with Crippen LogP contribution in [0.15, 0.2) is 36.5 Å². The highest BCUT2D eigenvalue weighted by atomic mass is 16.5. The summed E-state index contributed by atoms with van der Waals surface area (Å²) >= 11 is 0. The zero-order chi connectivity index (χ0) is 13.9. The van der Waals surface area contributed by atoms with E-state index in [1.807, 2.05) is 12.1 Å². The Morgan fingerprint density at radius 3 is 2.80 bits per heavy atom. The van der Waals surface area contributed by atoms with Crippen molar-refractivity contribution < 1.29 is 4.74 Å². The average molecular weight is 268 g/mol. The lowest BCUT2D eigenvalue weighted by Crippen LogP contribution is -2.15. The van der Waals surface area contributed by atoms with Crippen LogP contribution in [0.4, 0.5) is 0 Å². The number of benzene rings is 1. The first kappa shape index (κ1) is 13.1. The second-order valence-corrected chi connectivity index (χ2v) is 5.39. The highest BCUT2D eigenvalue weighted by Crippen LogP contribution is 2.26. The van der Waals surface area contributed by atoms with Crippen molar-refractivity contribution in [3.63, 3.8) is 0 Å². The van der Waals surface area contributed by atoms with Crippen molar-refractivity contribution in [3.8, 4) is 17.0 Å². The molecule has 1 aliphatic rings. The van der Waals surface area contributed by atoms with Crippen LogP contribution >= 0.6 is 0 Å². The summed E-state index contributed by atoms with van der Waals surface area (Å²) in [6.45, 7) is 3.12. The summed E-state index contributed by atoms with van der Waals surface area (Å²) in [4.78, 5) is 4.15. The van der Waals surface area contributed by atoms with Gasteiger partial charge in [-0.2, -0.15) is 0 Å². The molecule has 1 N–H and O–H groups in total. The Bertz CT molecular complexity index is 606. The third kappa shape index (κ3) is 2.99. The number of nitrogens with one attached hydrogen (secondary N) is 1. The Kier molecular flexibility index (Phi) is 3.70. The van der Waals surface area contributed by atoms with Gasteiger partial charge in [0.1, 0.15) is 0 Å². The van der Waals surface area contributed by atoms with Gasteiger partial charge in [0.2, 0.25) is 5.88 Å². The number of hydrogen-bond donors (Lipinski definition) is 1. The normalized spacial score (nSPS) is 14.3. The molecule has 104 valence electrons. The van der Waals surface area contributed by atoms with Crippen LogP contribution in [0.5, 0.6) is 5.88 Å². The molecule has 0 amide bonds. The van der Waals surface area contributed by atoms with E-state index < -0.39 is 0 Å². The number of rotatable bonds is 5. The van der Waals surface area contributed by atoms with Gasteiger partial charge in [-0.25, -0.2) is 4.98 Å². The molecule has 20 heavy (non-hydrogen) atoms. The lowest BCUT2D eigenvalue weighted by atomic mass is 9.99. The van der Waals surface area contributed by atoms with Gasteiger partial charge in [0.25, 0.3) is 0 Å². The molecule has 1 fully saturated rings. The van der Waals surface area contributed by atoms with Crippen molar-refractivity contribution in [2.75, 3.05) is 7.11 Å². The Labute approximate surface area is 120 Å². The molecule has 0 spiro atoms. The summed E-state index contributed by atoms with van der Waals surface area (Å²) < 4.78 is 5.19. The maximum atomic E-state index is 5.19. The highest BCUT2D eigenvalue weighted by molar-refractivity contribution is 5.68. The molecular weight excluding hydrogens is 248 g/mol. The van der Waals surface area contributed by atoms with E-state index in [1.165, 1.54) is 29.5 Å². The molecule has 2 aromatic rings. The second-order valence-electron chi connectivity index (χ2n) is 5.39. The number of nitrogens with zero attached hydrogens (tertiary/aromatic N) is 1. The molecule has 3 nitrogen and oxygen atoms in total. The van der Waals surface area contributed by atoms with Gasteiger partial charge >= 0.3 is 0 Å². The third-order valence-corrected chi connectivity index (χ3v) is 3.72. The molecule has 1 saturated carbocycles. The lowest BCUT2D eigenvalue weighted by molar-refractivity contribution is 0.398. The summed E-state index contributed by atoms with van der Waals surface area (Å²) in [6, 6.07) is 11.4. The fourth-order valence-corrected chi connectivity index (χ4v) is 2.40. The zero-order valence-electron chi connectivity index (χ0n) is 12.0. The maximum Gasteiger partial charge on any atom is 0.213 e. The molecule has 0 unspecified atom stereocenters. The second kappa shape index (κ2) is 5.63. The first-order valence-electron chi connectivity index (χ1n) is 7.09. The van der Waals surface area contributed by atoms with Gasteiger partial charge in [-0.15, -0.1) is 0 Å². The molecule has 0 radical (unpaired) electrons. The Morgan fingerprint density at radius 1 is 1.25 bits per heavy atom. The van der Waals surface area contributed by atoms with E-state index in [-0.39, 0.29) is 0 Å². The molecule has 0 atom stereocenters. The molecule has 0 bridgehead atoms. The van der Waals surface area contributed by atoms with Crippen molar-refractivity contribution in [3.05, 3.63) is 47.7 Å². The minimum atomic E-state index is 0.654. The van der Waals surface area contributed by atoms with Crippen LogP contribution in [-0.2, 0) is 6.54 Å². The van der Waals surface area contributed by atoms with Crippen molar-refractivity contribution >= 4 is 0 Å². The van der Waals surface area contributed by atoms with E-state index in [0.717, 1.165) is 18.2 Å². The van der Waals surface area contributed by atoms with Gasteiger partial charge in [0, 0.05) is 24.8 Å². The van der Waals surface area contributed by atoms with E-state index in [1.54, 1.807) is 13.3 Å². The molecule has 3 rings (SSSR count). The third-order valence-electron chi connectivity index (χ3n) is 3.72. The average Bonchev–Trinajstić information content (AvgIpc) is 3.29. The summed E-state index contributed by atoms with van der Waals surface area (Å²) in [5.41, 5.74) is 5.02. The number of aromatic nitrogens is 1. The molecular formula is C17H20N2O. The summed E-state index contributed by atoms with van der Waals surface area (Å²) in [6.07, 6.45) is 4.44. The minimum absolute atomic E-state index is 0.654. The van der Waals surface area contributed by atoms with E-state index in [4.69, 9.17) is 4.74 Å². The summed E-state index contributed by atoms with van der Waals surface area (Å²) in [5, 5.41) is 3.55. The van der Waals surface area contributed by atoms with Crippen LogP contribution in [0.3, 0.4) is 0 Å². The van der Waals surface area contributed by atoms with E-state index in [0.29, 0.717) is 5.88 Å². The van der Waals surface area contributed by atoms with Crippen LogP contribution in [0.2, 0.25) is 0 Å². The first-order valence-corrected chi connectivity index (χ1v) is 7.09. The quantitative estimate of drug-likeness (QED) is 0.903. The predicted molar refractivity (Wildman–Crippen MR) is 80.8 cm³/mol. The molecule has 1 aromatic carbocycles. The maximum absolute atomic E-state index is 5.19. The van der Waals surface area contributed by atoms with Crippen LogP contribution in [0.1, 0.15) is 24.0 Å². The number of methoxy groups -OCH3 is 1. The monoisotopic (exact) mass is 268 g/mol. The first-order chi connectivity index (χ1) is 9.76. The molecule has 0 aliphatic heterocycles.